The van der Waals surface area contributed by atoms with Crippen LogP contribution in [0.3, 0.4) is 0 Å². The molecule has 1 N–H and O–H groups in total. The van der Waals surface area contributed by atoms with Crippen LogP contribution in [0.4, 0.5) is 4.39 Å². The number of hydrazone groups is 1. The Morgan fingerprint density at radius 3 is 2.74 bits per heavy atom. The molecule has 0 aliphatic heterocycles. The number of carbonyl (C=O) groups is 1. The summed E-state index contributed by atoms with van der Waals surface area (Å²) < 4.78 is 25.2. The fourth-order valence-electron chi connectivity index (χ4n) is 1.88. The van der Waals surface area contributed by atoms with Gasteiger partial charge in [-0.25, -0.2) is 10.1 Å². The minimum atomic E-state index is -0.522. The first-order chi connectivity index (χ1) is 11.0. The van der Waals surface area contributed by atoms with E-state index < -0.39 is 11.9 Å². The molecule has 0 saturated heterocycles. The molecule has 0 aliphatic rings. The number of aryl methyl sites for hydroxylation is 2. The molecule has 1 aromatic heterocycles. The molecule has 0 atom stereocenters. The smallest absolute Gasteiger partial charge is 0.277 e. The molecule has 0 spiro atoms. The van der Waals surface area contributed by atoms with E-state index in [1.165, 1.54) is 20.4 Å². The van der Waals surface area contributed by atoms with Crippen molar-refractivity contribution >= 4 is 12.1 Å². The highest BCUT2D eigenvalue weighted by molar-refractivity contribution is 5.83. The Balaban J connectivity index is 1.89. The molecule has 0 saturated carbocycles. The van der Waals surface area contributed by atoms with E-state index in [0.717, 1.165) is 4.68 Å². The van der Waals surface area contributed by atoms with Crippen molar-refractivity contribution < 1.29 is 18.7 Å². The molecule has 2 rings (SSSR count). The summed E-state index contributed by atoms with van der Waals surface area (Å²) in [4.78, 5) is 11.7. The highest BCUT2D eigenvalue weighted by Crippen LogP contribution is 2.25. The average Bonchev–Trinajstić information content (AvgIpc) is 2.79. The van der Waals surface area contributed by atoms with Gasteiger partial charge < -0.3 is 9.47 Å². The number of hydrogen-bond donors (Lipinski definition) is 1. The van der Waals surface area contributed by atoms with Crippen LogP contribution in [0.2, 0.25) is 0 Å². The van der Waals surface area contributed by atoms with Crippen molar-refractivity contribution in [3.63, 3.8) is 0 Å². The minimum Gasteiger partial charge on any atom is -0.493 e. The number of amides is 1. The number of para-hydroxylation sites is 2. The number of aromatic nitrogens is 2. The van der Waals surface area contributed by atoms with Gasteiger partial charge in [-0.3, -0.25) is 4.79 Å². The maximum atomic E-state index is 13.7. The zero-order valence-electron chi connectivity index (χ0n) is 13.0. The topological polar surface area (TPSA) is 77.7 Å². The first-order valence-electron chi connectivity index (χ1n) is 6.79. The number of nitrogens with zero attached hydrogens (tertiary/aromatic N) is 3. The van der Waals surface area contributed by atoms with Crippen molar-refractivity contribution in [2.45, 2.75) is 6.92 Å². The van der Waals surface area contributed by atoms with Crippen molar-refractivity contribution in [1.82, 2.24) is 15.2 Å². The lowest BCUT2D eigenvalue weighted by molar-refractivity contribution is -0.123. The van der Waals surface area contributed by atoms with Crippen LogP contribution >= 0.6 is 0 Å². The van der Waals surface area contributed by atoms with E-state index in [-0.39, 0.29) is 12.2 Å². The summed E-state index contributed by atoms with van der Waals surface area (Å²) in [5, 5.41) is 7.60. The van der Waals surface area contributed by atoms with Gasteiger partial charge in [-0.1, -0.05) is 12.1 Å². The summed E-state index contributed by atoms with van der Waals surface area (Å²) in [6.45, 7) is 1.41. The van der Waals surface area contributed by atoms with Crippen LogP contribution in [-0.2, 0) is 11.8 Å². The predicted octanol–water partition coefficient (Wildman–Crippen LogP) is 1.41. The van der Waals surface area contributed by atoms with Gasteiger partial charge in [-0.15, -0.1) is 0 Å². The third-order valence-electron chi connectivity index (χ3n) is 3.01. The van der Waals surface area contributed by atoms with Crippen LogP contribution in [-0.4, -0.2) is 35.6 Å². The van der Waals surface area contributed by atoms with Gasteiger partial charge in [0.2, 0.25) is 5.95 Å². The Bertz CT molecular complexity index is 728. The standard InChI is InChI=1S/C15H17FN4O3/c1-10-11(15(16)20(2)19-10)8-17-18-14(21)9-23-13-7-5-4-6-12(13)22-3/h4-8H,9H2,1-3H3,(H,18,21). The van der Waals surface area contributed by atoms with Crippen molar-refractivity contribution in [3.05, 3.63) is 41.5 Å². The first kappa shape index (κ1) is 16.5. The number of nitrogens with one attached hydrogen (secondary N) is 1. The second-order valence-corrected chi connectivity index (χ2v) is 4.65. The molecule has 1 heterocycles. The quantitative estimate of drug-likeness (QED) is 0.645. The molecule has 8 heteroatoms. The van der Waals surface area contributed by atoms with E-state index in [2.05, 4.69) is 15.6 Å². The largest absolute Gasteiger partial charge is 0.493 e. The second-order valence-electron chi connectivity index (χ2n) is 4.65. The number of rotatable bonds is 6. The van der Waals surface area contributed by atoms with E-state index in [1.807, 2.05) is 0 Å². The third kappa shape index (κ3) is 4.06. The van der Waals surface area contributed by atoms with Crippen molar-refractivity contribution in [1.29, 1.82) is 0 Å². The number of hydrogen-bond acceptors (Lipinski definition) is 5. The lowest BCUT2D eigenvalue weighted by Gasteiger charge is -2.09. The Labute approximate surface area is 132 Å². The summed E-state index contributed by atoms with van der Waals surface area (Å²) in [7, 11) is 3.00. The molecule has 0 radical (unpaired) electrons. The number of benzene rings is 1. The van der Waals surface area contributed by atoms with Gasteiger partial charge in [0, 0.05) is 7.05 Å². The fraction of sp³-hybridized carbons (Fsp3) is 0.267. The minimum absolute atomic E-state index is 0.221. The van der Waals surface area contributed by atoms with Gasteiger partial charge in [-0.05, 0) is 19.1 Å². The average molecular weight is 320 g/mol. The molecule has 7 nitrogen and oxygen atoms in total. The Kier molecular flexibility index (Phi) is 5.29. The summed E-state index contributed by atoms with van der Waals surface area (Å²) >= 11 is 0. The SMILES string of the molecule is COc1ccccc1OCC(=O)NN=Cc1c(C)nn(C)c1F. The van der Waals surface area contributed by atoms with Crippen molar-refractivity contribution in [2.24, 2.45) is 12.1 Å². The third-order valence-corrected chi connectivity index (χ3v) is 3.01. The Morgan fingerprint density at radius 1 is 1.43 bits per heavy atom. The normalized spacial score (nSPS) is 10.8. The van der Waals surface area contributed by atoms with E-state index in [0.29, 0.717) is 17.2 Å². The molecule has 1 amide bonds. The fourth-order valence-corrected chi connectivity index (χ4v) is 1.88. The number of methoxy groups -OCH3 is 1. The van der Waals surface area contributed by atoms with E-state index in [9.17, 15) is 9.18 Å². The van der Waals surface area contributed by atoms with Crippen LogP contribution in [0, 0.1) is 12.9 Å². The van der Waals surface area contributed by atoms with Gasteiger partial charge in [0.25, 0.3) is 5.91 Å². The lowest BCUT2D eigenvalue weighted by atomic mass is 10.3. The molecule has 0 fully saturated rings. The number of ether oxygens (including phenoxy) is 2. The molecular weight excluding hydrogens is 303 g/mol. The number of carbonyl (C=O) groups excluding carboxylic acids is 1. The molecule has 2 aromatic rings. The Hall–Kier alpha value is -2.90. The highest BCUT2D eigenvalue weighted by Gasteiger charge is 2.11. The monoisotopic (exact) mass is 320 g/mol. The van der Waals surface area contributed by atoms with Crippen LogP contribution < -0.4 is 14.9 Å². The molecule has 23 heavy (non-hydrogen) atoms. The molecular formula is C15H17FN4O3. The van der Waals surface area contributed by atoms with Gasteiger partial charge in [0.05, 0.1) is 24.6 Å². The maximum Gasteiger partial charge on any atom is 0.277 e. The van der Waals surface area contributed by atoms with Gasteiger partial charge in [0.1, 0.15) is 0 Å². The Morgan fingerprint density at radius 2 is 2.13 bits per heavy atom. The lowest BCUT2D eigenvalue weighted by Crippen LogP contribution is -2.24. The molecule has 0 bridgehead atoms. The predicted molar refractivity (Wildman–Crippen MR) is 82.1 cm³/mol. The second kappa shape index (κ2) is 7.39. The zero-order chi connectivity index (χ0) is 16.8. The summed E-state index contributed by atoms with van der Waals surface area (Å²) in [5.74, 6) is -0.0278. The van der Waals surface area contributed by atoms with Crippen molar-refractivity contribution in [2.75, 3.05) is 13.7 Å². The summed E-state index contributed by atoms with van der Waals surface area (Å²) in [5.41, 5.74) is 2.96. The molecule has 0 unspecified atom stereocenters. The summed E-state index contributed by atoms with van der Waals surface area (Å²) in [6.07, 6.45) is 1.21. The van der Waals surface area contributed by atoms with Gasteiger partial charge in [-0.2, -0.15) is 14.6 Å². The van der Waals surface area contributed by atoms with Crippen molar-refractivity contribution in [3.8, 4) is 11.5 Å². The van der Waals surface area contributed by atoms with Crippen LogP contribution in [0.5, 0.6) is 11.5 Å². The van der Waals surface area contributed by atoms with Crippen LogP contribution in [0.1, 0.15) is 11.3 Å². The number of halogens is 1. The van der Waals surface area contributed by atoms with E-state index in [4.69, 9.17) is 9.47 Å². The summed E-state index contributed by atoms with van der Waals surface area (Å²) in [6, 6.07) is 6.96. The molecule has 1 aromatic carbocycles. The van der Waals surface area contributed by atoms with Gasteiger partial charge >= 0.3 is 0 Å². The molecule has 122 valence electrons. The highest BCUT2D eigenvalue weighted by atomic mass is 19.1. The van der Waals surface area contributed by atoms with E-state index >= 15 is 0 Å². The first-order valence-corrected chi connectivity index (χ1v) is 6.79. The van der Waals surface area contributed by atoms with Crippen LogP contribution in [0.15, 0.2) is 29.4 Å². The zero-order valence-corrected chi connectivity index (χ0v) is 13.0. The van der Waals surface area contributed by atoms with Crippen LogP contribution in [0.25, 0.3) is 0 Å². The molecule has 0 aliphatic carbocycles. The van der Waals surface area contributed by atoms with E-state index in [1.54, 1.807) is 31.2 Å². The maximum absolute atomic E-state index is 13.7. The van der Waals surface area contributed by atoms with Gasteiger partial charge in [0.15, 0.2) is 18.1 Å².